The molecule has 0 fully saturated rings. The molecule has 4 rings (SSSR count). The molecule has 7 nitrogen and oxygen atoms in total. The number of hydrogen-bond donors (Lipinski definition) is 2. The highest BCUT2D eigenvalue weighted by Crippen LogP contribution is 2.22. The van der Waals surface area contributed by atoms with Gasteiger partial charge < -0.3 is 10.3 Å². The van der Waals surface area contributed by atoms with Crippen LogP contribution in [0.2, 0.25) is 0 Å². The Labute approximate surface area is 150 Å². The molecule has 0 saturated carbocycles. The Morgan fingerprint density at radius 1 is 1.23 bits per heavy atom. The van der Waals surface area contributed by atoms with E-state index in [2.05, 4.69) is 38.4 Å². The van der Waals surface area contributed by atoms with E-state index in [9.17, 15) is 4.79 Å². The van der Waals surface area contributed by atoms with Gasteiger partial charge in [0.2, 0.25) is 5.91 Å². The third kappa shape index (κ3) is 3.06. The van der Waals surface area contributed by atoms with E-state index in [1.807, 2.05) is 30.5 Å². The standard InChI is InChI=1S/C19H18N6O/c1-13-4-2-6-16-18(13)15(10-22-16)8-17(26)23-9-14-5-3-7-21-19(14)25-12-20-11-24-25/h2-7,10-12,22H,8-9H2,1H3,(H,23,26). The number of aromatic amines is 1. The molecule has 0 unspecified atom stereocenters. The van der Waals surface area contributed by atoms with E-state index in [0.717, 1.165) is 27.6 Å². The SMILES string of the molecule is Cc1cccc2[nH]cc(CC(=O)NCc3cccnc3-n3cncn3)c12. The fourth-order valence-corrected chi connectivity index (χ4v) is 3.11. The molecular formula is C19H18N6O. The highest BCUT2D eigenvalue weighted by Gasteiger charge is 2.12. The predicted molar refractivity (Wildman–Crippen MR) is 97.7 cm³/mol. The van der Waals surface area contributed by atoms with E-state index in [1.165, 1.54) is 6.33 Å². The van der Waals surface area contributed by atoms with Crippen molar-refractivity contribution < 1.29 is 4.79 Å². The molecule has 0 bridgehead atoms. The zero-order valence-electron chi connectivity index (χ0n) is 14.3. The molecule has 0 saturated heterocycles. The van der Waals surface area contributed by atoms with Crippen molar-refractivity contribution in [1.82, 2.24) is 30.0 Å². The molecule has 0 aliphatic rings. The van der Waals surface area contributed by atoms with Gasteiger partial charge in [0.1, 0.15) is 12.7 Å². The molecule has 0 atom stereocenters. The van der Waals surface area contributed by atoms with Crippen LogP contribution in [0.1, 0.15) is 16.7 Å². The lowest BCUT2D eigenvalue weighted by molar-refractivity contribution is -0.120. The second kappa shape index (κ2) is 6.79. The van der Waals surface area contributed by atoms with Crippen LogP contribution in [-0.4, -0.2) is 30.6 Å². The number of nitrogens with zero attached hydrogens (tertiary/aromatic N) is 4. The van der Waals surface area contributed by atoms with Crippen molar-refractivity contribution in [3.63, 3.8) is 0 Å². The first-order chi connectivity index (χ1) is 12.7. The fourth-order valence-electron chi connectivity index (χ4n) is 3.11. The maximum absolute atomic E-state index is 12.5. The number of carbonyl (C=O) groups excluding carboxylic acids is 1. The maximum Gasteiger partial charge on any atom is 0.224 e. The monoisotopic (exact) mass is 346 g/mol. The quantitative estimate of drug-likeness (QED) is 0.580. The van der Waals surface area contributed by atoms with Crippen molar-refractivity contribution in [3.8, 4) is 5.82 Å². The Morgan fingerprint density at radius 3 is 3.00 bits per heavy atom. The Morgan fingerprint density at radius 2 is 2.15 bits per heavy atom. The summed E-state index contributed by atoms with van der Waals surface area (Å²) in [5, 5.41) is 8.19. The minimum absolute atomic E-state index is 0.0393. The van der Waals surface area contributed by atoms with Gasteiger partial charge in [-0.25, -0.2) is 14.6 Å². The normalized spacial score (nSPS) is 11.0. The minimum atomic E-state index is -0.0393. The van der Waals surface area contributed by atoms with Gasteiger partial charge in [-0.05, 0) is 30.2 Å². The number of hydrogen-bond acceptors (Lipinski definition) is 4. The summed E-state index contributed by atoms with van der Waals surface area (Å²) in [6, 6.07) is 9.83. The van der Waals surface area contributed by atoms with Gasteiger partial charge in [-0.3, -0.25) is 4.79 Å². The van der Waals surface area contributed by atoms with Gasteiger partial charge in [-0.15, -0.1) is 0 Å². The summed E-state index contributed by atoms with van der Waals surface area (Å²) in [6.07, 6.45) is 6.96. The van der Waals surface area contributed by atoms with Crippen LogP contribution in [0.3, 0.4) is 0 Å². The second-order valence-corrected chi connectivity index (χ2v) is 6.09. The van der Waals surface area contributed by atoms with Crippen LogP contribution < -0.4 is 5.32 Å². The lowest BCUT2D eigenvalue weighted by Gasteiger charge is -2.09. The van der Waals surface area contributed by atoms with Gasteiger partial charge in [0.15, 0.2) is 5.82 Å². The van der Waals surface area contributed by atoms with Crippen molar-refractivity contribution >= 4 is 16.8 Å². The average Bonchev–Trinajstić information content (AvgIpc) is 3.31. The van der Waals surface area contributed by atoms with Crippen molar-refractivity contribution in [2.75, 3.05) is 0 Å². The summed E-state index contributed by atoms with van der Waals surface area (Å²) in [7, 11) is 0. The Kier molecular flexibility index (Phi) is 4.18. The third-order valence-electron chi connectivity index (χ3n) is 4.33. The summed E-state index contributed by atoms with van der Waals surface area (Å²) in [6.45, 7) is 2.43. The first-order valence-electron chi connectivity index (χ1n) is 8.33. The summed E-state index contributed by atoms with van der Waals surface area (Å²) >= 11 is 0. The van der Waals surface area contributed by atoms with E-state index >= 15 is 0 Å². The molecule has 3 aromatic heterocycles. The van der Waals surface area contributed by atoms with Crippen LogP contribution in [0.4, 0.5) is 0 Å². The first kappa shape index (κ1) is 16.0. The molecule has 26 heavy (non-hydrogen) atoms. The molecular weight excluding hydrogens is 328 g/mol. The topological polar surface area (TPSA) is 88.5 Å². The molecule has 130 valence electrons. The molecule has 1 amide bonds. The van der Waals surface area contributed by atoms with E-state index < -0.39 is 0 Å². The number of benzene rings is 1. The number of amides is 1. The van der Waals surface area contributed by atoms with Crippen LogP contribution in [0.5, 0.6) is 0 Å². The number of fused-ring (bicyclic) bond motifs is 1. The number of rotatable bonds is 5. The molecule has 0 spiro atoms. The van der Waals surface area contributed by atoms with E-state index in [4.69, 9.17) is 0 Å². The van der Waals surface area contributed by atoms with E-state index in [1.54, 1.807) is 17.2 Å². The van der Waals surface area contributed by atoms with Crippen LogP contribution in [0.15, 0.2) is 55.4 Å². The lowest BCUT2D eigenvalue weighted by atomic mass is 10.1. The molecule has 0 aliphatic heterocycles. The zero-order valence-corrected chi connectivity index (χ0v) is 14.3. The largest absolute Gasteiger partial charge is 0.361 e. The number of H-pyrrole nitrogens is 1. The highest BCUT2D eigenvalue weighted by atomic mass is 16.1. The van der Waals surface area contributed by atoms with Gasteiger partial charge in [0.05, 0.1) is 6.42 Å². The molecule has 0 aliphatic carbocycles. The van der Waals surface area contributed by atoms with Crippen molar-refractivity contribution in [1.29, 1.82) is 0 Å². The number of carbonyl (C=O) groups is 1. The first-order valence-corrected chi connectivity index (χ1v) is 8.33. The van der Waals surface area contributed by atoms with Crippen molar-refractivity contribution in [3.05, 3.63) is 72.1 Å². The number of nitrogens with one attached hydrogen (secondary N) is 2. The zero-order chi connectivity index (χ0) is 17.9. The summed E-state index contributed by atoms with van der Waals surface area (Å²) in [5.74, 6) is 0.621. The van der Waals surface area contributed by atoms with Gasteiger partial charge in [0.25, 0.3) is 0 Å². The van der Waals surface area contributed by atoms with Crippen LogP contribution in [-0.2, 0) is 17.8 Å². The fraction of sp³-hybridized carbons (Fsp3) is 0.158. The van der Waals surface area contributed by atoms with Gasteiger partial charge in [-0.1, -0.05) is 18.2 Å². The number of aryl methyl sites for hydroxylation is 1. The molecule has 7 heteroatoms. The Bertz CT molecular complexity index is 1050. The van der Waals surface area contributed by atoms with Crippen LogP contribution in [0.25, 0.3) is 16.7 Å². The van der Waals surface area contributed by atoms with E-state index in [0.29, 0.717) is 18.8 Å². The maximum atomic E-state index is 12.5. The third-order valence-corrected chi connectivity index (χ3v) is 4.33. The second-order valence-electron chi connectivity index (χ2n) is 6.09. The summed E-state index contributed by atoms with van der Waals surface area (Å²) in [4.78, 5) is 24.0. The minimum Gasteiger partial charge on any atom is -0.361 e. The summed E-state index contributed by atoms with van der Waals surface area (Å²) < 4.78 is 1.59. The number of pyridine rings is 1. The molecule has 3 heterocycles. The lowest BCUT2D eigenvalue weighted by Crippen LogP contribution is -2.25. The number of aromatic nitrogens is 5. The van der Waals surface area contributed by atoms with Gasteiger partial charge in [0, 0.05) is 35.4 Å². The summed E-state index contributed by atoms with van der Waals surface area (Å²) in [5.41, 5.74) is 4.08. The molecule has 1 aromatic carbocycles. The highest BCUT2D eigenvalue weighted by molar-refractivity contribution is 5.91. The Balaban J connectivity index is 1.48. The van der Waals surface area contributed by atoms with Crippen LogP contribution >= 0.6 is 0 Å². The average molecular weight is 346 g/mol. The molecule has 4 aromatic rings. The van der Waals surface area contributed by atoms with E-state index in [-0.39, 0.29) is 5.91 Å². The van der Waals surface area contributed by atoms with Crippen molar-refractivity contribution in [2.24, 2.45) is 0 Å². The predicted octanol–water partition coefficient (Wildman–Crippen LogP) is 2.31. The Hall–Kier alpha value is -3.48. The van der Waals surface area contributed by atoms with Gasteiger partial charge in [-0.2, -0.15) is 5.10 Å². The smallest absolute Gasteiger partial charge is 0.224 e. The van der Waals surface area contributed by atoms with Gasteiger partial charge >= 0.3 is 0 Å². The van der Waals surface area contributed by atoms with Crippen molar-refractivity contribution in [2.45, 2.75) is 19.9 Å². The molecule has 2 N–H and O–H groups in total. The van der Waals surface area contributed by atoms with Crippen LogP contribution in [0, 0.1) is 6.92 Å². The molecule has 0 radical (unpaired) electrons.